The SMILES string of the molecule is CCc1c(C(=O)NCCc2ccc(S(N)(=O)=O)cc2)cnn1Cc1ccccc1. The number of amides is 1. The number of primary sulfonamides is 1. The topological polar surface area (TPSA) is 107 Å². The average Bonchev–Trinajstić information content (AvgIpc) is 3.11. The van der Waals surface area contributed by atoms with Crippen LogP contribution in [0, 0.1) is 0 Å². The molecule has 3 aromatic rings. The smallest absolute Gasteiger partial charge is 0.254 e. The van der Waals surface area contributed by atoms with Crippen LogP contribution in [0.1, 0.15) is 34.1 Å². The van der Waals surface area contributed by atoms with Gasteiger partial charge in [-0.25, -0.2) is 13.6 Å². The summed E-state index contributed by atoms with van der Waals surface area (Å²) in [5.41, 5.74) is 3.50. The van der Waals surface area contributed by atoms with Gasteiger partial charge in [0.15, 0.2) is 0 Å². The highest BCUT2D eigenvalue weighted by Gasteiger charge is 2.16. The van der Waals surface area contributed by atoms with Crippen LogP contribution in [0.4, 0.5) is 0 Å². The summed E-state index contributed by atoms with van der Waals surface area (Å²) in [6, 6.07) is 16.3. The molecule has 3 rings (SSSR count). The molecular weight excluding hydrogens is 388 g/mol. The van der Waals surface area contributed by atoms with Gasteiger partial charge in [0, 0.05) is 6.54 Å². The fraction of sp³-hybridized carbons (Fsp3) is 0.238. The maximum absolute atomic E-state index is 12.6. The molecule has 0 saturated carbocycles. The summed E-state index contributed by atoms with van der Waals surface area (Å²) in [6.07, 6.45) is 2.89. The molecule has 29 heavy (non-hydrogen) atoms. The first-order valence-electron chi connectivity index (χ1n) is 9.37. The maximum Gasteiger partial charge on any atom is 0.254 e. The van der Waals surface area contributed by atoms with Gasteiger partial charge in [0.05, 0.1) is 28.9 Å². The summed E-state index contributed by atoms with van der Waals surface area (Å²) in [6.45, 7) is 3.05. The van der Waals surface area contributed by atoms with Gasteiger partial charge in [-0.15, -0.1) is 0 Å². The standard InChI is InChI=1S/C21H24N4O3S/c1-2-20-19(14-24-25(20)15-17-6-4-3-5-7-17)21(26)23-13-12-16-8-10-18(11-9-16)29(22,27)28/h3-11,14H,2,12-13,15H2,1H3,(H,23,26)(H2,22,27,28). The van der Waals surface area contributed by atoms with Crippen molar-refractivity contribution in [3.8, 4) is 0 Å². The lowest BCUT2D eigenvalue weighted by Gasteiger charge is -2.09. The Morgan fingerprint density at radius 2 is 1.76 bits per heavy atom. The van der Waals surface area contributed by atoms with E-state index in [0.717, 1.165) is 16.8 Å². The quantitative estimate of drug-likeness (QED) is 0.591. The van der Waals surface area contributed by atoms with Crippen molar-refractivity contribution >= 4 is 15.9 Å². The highest BCUT2D eigenvalue weighted by atomic mass is 32.2. The molecule has 8 heteroatoms. The minimum atomic E-state index is -3.70. The molecule has 7 nitrogen and oxygen atoms in total. The third kappa shape index (κ3) is 5.30. The number of benzene rings is 2. The number of hydrogen-bond acceptors (Lipinski definition) is 4. The van der Waals surface area contributed by atoms with Gasteiger partial charge < -0.3 is 5.32 Å². The molecule has 0 radical (unpaired) electrons. The van der Waals surface area contributed by atoms with Gasteiger partial charge in [-0.3, -0.25) is 9.48 Å². The Kier molecular flexibility index (Phi) is 6.46. The molecule has 0 aliphatic carbocycles. The van der Waals surface area contributed by atoms with Gasteiger partial charge in [0.2, 0.25) is 10.0 Å². The van der Waals surface area contributed by atoms with E-state index in [1.807, 2.05) is 41.9 Å². The summed E-state index contributed by atoms with van der Waals surface area (Å²) in [7, 11) is -3.70. The molecule has 0 unspecified atom stereocenters. The third-order valence-corrected chi connectivity index (χ3v) is 5.58. The molecule has 0 bridgehead atoms. The van der Waals surface area contributed by atoms with Crippen LogP contribution >= 0.6 is 0 Å². The maximum atomic E-state index is 12.6. The van der Waals surface area contributed by atoms with Crippen molar-refractivity contribution in [1.29, 1.82) is 0 Å². The number of sulfonamides is 1. The van der Waals surface area contributed by atoms with Crippen LogP contribution in [-0.4, -0.2) is 30.7 Å². The summed E-state index contributed by atoms with van der Waals surface area (Å²) in [5, 5.41) is 12.4. The van der Waals surface area contributed by atoms with Crippen molar-refractivity contribution in [2.24, 2.45) is 5.14 Å². The van der Waals surface area contributed by atoms with Crippen LogP contribution in [-0.2, 0) is 29.4 Å². The van der Waals surface area contributed by atoms with Gasteiger partial charge in [-0.1, -0.05) is 49.4 Å². The zero-order chi connectivity index (χ0) is 20.9. The van der Waals surface area contributed by atoms with Crippen LogP contribution < -0.4 is 10.5 Å². The number of nitrogens with zero attached hydrogens (tertiary/aromatic N) is 2. The second kappa shape index (κ2) is 9.02. The van der Waals surface area contributed by atoms with Crippen LogP contribution in [0.25, 0.3) is 0 Å². The minimum Gasteiger partial charge on any atom is -0.352 e. The van der Waals surface area contributed by atoms with E-state index in [4.69, 9.17) is 5.14 Å². The molecule has 3 N–H and O–H groups in total. The molecule has 1 amide bonds. The molecule has 0 aliphatic rings. The highest BCUT2D eigenvalue weighted by molar-refractivity contribution is 7.89. The second-order valence-corrected chi connectivity index (χ2v) is 8.26. The van der Waals surface area contributed by atoms with E-state index in [-0.39, 0.29) is 10.8 Å². The summed E-state index contributed by atoms with van der Waals surface area (Å²) >= 11 is 0. The van der Waals surface area contributed by atoms with E-state index in [1.54, 1.807) is 18.3 Å². The van der Waals surface area contributed by atoms with Crippen molar-refractivity contribution < 1.29 is 13.2 Å². The lowest BCUT2D eigenvalue weighted by atomic mass is 10.1. The third-order valence-electron chi connectivity index (χ3n) is 4.65. The van der Waals surface area contributed by atoms with Crippen molar-refractivity contribution in [3.05, 3.63) is 83.2 Å². The Morgan fingerprint density at radius 3 is 2.38 bits per heavy atom. The molecule has 0 aliphatic heterocycles. The zero-order valence-corrected chi connectivity index (χ0v) is 17.0. The highest BCUT2D eigenvalue weighted by Crippen LogP contribution is 2.13. The number of hydrogen-bond donors (Lipinski definition) is 2. The predicted octanol–water partition coefficient (Wildman–Crippen LogP) is 2.11. The van der Waals surface area contributed by atoms with Gasteiger partial charge in [-0.05, 0) is 36.1 Å². The zero-order valence-electron chi connectivity index (χ0n) is 16.2. The lowest BCUT2D eigenvalue weighted by Crippen LogP contribution is -2.26. The molecule has 1 aromatic heterocycles. The Morgan fingerprint density at radius 1 is 1.07 bits per heavy atom. The van der Waals surface area contributed by atoms with Crippen molar-refractivity contribution in [3.63, 3.8) is 0 Å². The fourth-order valence-corrected chi connectivity index (χ4v) is 3.64. The van der Waals surface area contributed by atoms with Crippen molar-refractivity contribution in [2.75, 3.05) is 6.54 Å². The van der Waals surface area contributed by atoms with Crippen LogP contribution in [0.3, 0.4) is 0 Å². The van der Waals surface area contributed by atoms with E-state index in [0.29, 0.717) is 31.5 Å². The number of aromatic nitrogens is 2. The largest absolute Gasteiger partial charge is 0.352 e. The molecule has 0 spiro atoms. The van der Waals surface area contributed by atoms with Gasteiger partial charge >= 0.3 is 0 Å². The average molecular weight is 413 g/mol. The van der Waals surface area contributed by atoms with Crippen LogP contribution in [0.15, 0.2) is 65.7 Å². The van der Waals surface area contributed by atoms with E-state index in [2.05, 4.69) is 10.4 Å². The van der Waals surface area contributed by atoms with Gasteiger partial charge in [0.1, 0.15) is 0 Å². The normalized spacial score (nSPS) is 11.4. The Labute approximate surface area is 170 Å². The molecule has 0 atom stereocenters. The number of rotatable bonds is 8. The first-order chi connectivity index (χ1) is 13.9. The molecular formula is C21H24N4O3S. The predicted molar refractivity (Wildman–Crippen MR) is 111 cm³/mol. The lowest BCUT2D eigenvalue weighted by molar-refractivity contribution is 0.0953. The monoisotopic (exact) mass is 412 g/mol. The Hall–Kier alpha value is -2.97. The number of carbonyl (C=O) groups is 1. The Balaban J connectivity index is 1.61. The molecule has 0 fully saturated rings. The first-order valence-corrected chi connectivity index (χ1v) is 10.9. The van der Waals surface area contributed by atoms with Gasteiger partial charge in [-0.2, -0.15) is 5.10 Å². The minimum absolute atomic E-state index is 0.0729. The summed E-state index contributed by atoms with van der Waals surface area (Å²) < 4.78 is 24.4. The molecule has 1 heterocycles. The van der Waals surface area contributed by atoms with Crippen molar-refractivity contribution in [2.45, 2.75) is 31.2 Å². The van der Waals surface area contributed by atoms with Crippen molar-refractivity contribution in [1.82, 2.24) is 15.1 Å². The molecule has 0 saturated heterocycles. The second-order valence-electron chi connectivity index (χ2n) is 6.70. The first kappa shape index (κ1) is 20.8. The summed E-state index contributed by atoms with van der Waals surface area (Å²) in [4.78, 5) is 12.7. The van der Waals surface area contributed by atoms with E-state index in [9.17, 15) is 13.2 Å². The fourth-order valence-electron chi connectivity index (χ4n) is 3.13. The summed E-state index contributed by atoms with van der Waals surface area (Å²) in [5.74, 6) is -0.165. The van der Waals surface area contributed by atoms with Crippen LogP contribution in [0.2, 0.25) is 0 Å². The molecule has 2 aromatic carbocycles. The van der Waals surface area contributed by atoms with E-state index >= 15 is 0 Å². The molecule has 152 valence electrons. The number of nitrogens with two attached hydrogens (primary N) is 1. The Bertz CT molecular complexity index is 1070. The number of nitrogens with one attached hydrogen (secondary N) is 1. The number of carbonyl (C=O) groups excluding carboxylic acids is 1. The van der Waals surface area contributed by atoms with Crippen LogP contribution in [0.5, 0.6) is 0 Å². The van der Waals surface area contributed by atoms with E-state index < -0.39 is 10.0 Å². The van der Waals surface area contributed by atoms with Gasteiger partial charge in [0.25, 0.3) is 5.91 Å². The van der Waals surface area contributed by atoms with E-state index in [1.165, 1.54) is 12.1 Å².